The van der Waals surface area contributed by atoms with Gasteiger partial charge < -0.3 is 14.7 Å². The largest absolute Gasteiger partial charge is 0.396 e. The lowest BCUT2D eigenvalue weighted by atomic mass is 9.82. The second-order valence-electron chi connectivity index (χ2n) is 5.55. The fourth-order valence-electron chi connectivity index (χ4n) is 2.68. The highest BCUT2D eigenvalue weighted by molar-refractivity contribution is 4.80. The van der Waals surface area contributed by atoms with Gasteiger partial charge in [-0.25, -0.2) is 0 Å². The molecule has 0 spiro atoms. The minimum absolute atomic E-state index is 0.0728. The van der Waals surface area contributed by atoms with Gasteiger partial charge in [0, 0.05) is 31.7 Å². The van der Waals surface area contributed by atoms with Crippen molar-refractivity contribution in [1.82, 2.24) is 4.90 Å². The lowest BCUT2D eigenvalue weighted by Gasteiger charge is -2.36. The van der Waals surface area contributed by atoms with Crippen molar-refractivity contribution in [2.24, 2.45) is 5.41 Å². The van der Waals surface area contributed by atoms with Crippen molar-refractivity contribution < 1.29 is 9.84 Å². The molecule has 1 aliphatic heterocycles. The molecule has 0 aromatic rings. The summed E-state index contributed by atoms with van der Waals surface area (Å²) in [6.07, 6.45) is 6.18. The average molecular weight is 243 g/mol. The van der Waals surface area contributed by atoms with Crippen LogP contribution in [0.2, 0.25) is 0 Å². The van der Waals surface area contributed by atoms with Crippen molar-refractivity contribution in [1.29, 1.82) is 0 Å². The third kappa shape index (κ3) is 4.57. The van der Waals surface area contributed by atoms with Gasteiger partial charge in [-0.05, 0) is 39.2 Å². The Labute approximate surface area is 106 Å². The average Bonchev–Trinajstić information content (AvgIpc) is 2.37. The minimum atomic E-state index is 0.0728. The van der Waals surface area contributed by atoms with Crippen molar-refractivity contribution in [3.05, 3.63) is 0 Å². The number of hydrogen-bond donors (Lipinski definition) is 1. The Hall–Kier alpha value is -0.120. The molecule has 0 aromatic carbocycles. The predicted octanol–water partition coefficient (Wildman–Crippen LogP) is 2.29. The lowest BCUT2D eigenvalue weighted by molar-refractivity contribution is -0.0136. The summed E-state index contributed by atoms with van der Waals surface area (Å²) in [6.45, 7) is 7.52. The SMILES string of the molecule is CCC(CC)(CO)CN(C)CC1CCCCO1. The van der Waals surface area contributed by atoms with Crippen LogP contribution in [0, 0.1) is 5.41 Å². The van der Waals surface area contributed by atoms with E-state index in [0.717, 1.165) is 32.5 Å². The zero-order valence-electron chi connectivity index (χ0n) is 11.7. The molecule has 1 unspecified atom stereocenters. The molecule has 3 nitrogen and oxygen atoms in total. The van der Waals surface area contributed by atoms with E-state index in [1.165, 1.54) is 19.3 Å². The number of hydrogen-bond acceptors (Lipinski definition) is 3. The van der Waals surface area contributed by atoms with Crippen LogP contribution in [-0.4, -0.2) is 49.5 Å². The van der Waals surface area contributed by atoms with Gasteiger partial charge in [-0.15, -0.1) is 0 Å². The number of aliphatic hydroxyl groups excluding tert-OH is 1. The quantitative estimate of drug-likeness (QED) is 0.744. The molecule has 1 heterocycles. The van der Waals surface area contributed by atoms with Gasteiger partial charge >= 0.3 is 0 Å². The Morgan fingerprint density at radius 1 is 1.29 bits per heavy atom. The fraction of sp³-hybridized carbons (Fsp3) is 1.00. The molecule has 0 bridgehead atoms. The molecule has 0 radical (unpaired) electrons. The van der Waals surface area contributed by atoms with Gasteiger partial charge in [0.15, 0.2) is 0 Å². The first kappa shape index (κ1) is 14.9. The van der Waals surface area contributed by atoms with E-state index in [1.54, 1.807) is 0 Å². The van der Waals surface area contributed by atoms with Gasteiger partial charge in [0.2, 0.25) is 0 Å². The molecule has 1 rings (SSSR count). The molecular formula is C14H29NO2. The van der Waals surface area contributed by atoms with Gasteiger partial charge in [0.25, 0.3) is 0 Å². The maximum Gasteiger partial charge on any atom is 0.0701 e. The topological polar surface area (TPSA) is 32.7 Å². The van der Waals surface area contributed by atoms with Gasteiger partial charge in [-0.1, -0.05) is 13.8 Å². The number of nitrogens with zero attached hydrogens (tertiary/aromatic N) is 1. The molecule has 3 heteroatoms. The van der Waals surface area contributed by atoms with E-state index >= 15 is 0 Å². The van der Waals surface area contributed by atoms with Crippen LogP contribution in [0.1, 0.15) is 46.0 Å². The summed E-state index contributed by atoms with van der Waals surface area (Å²) in [7, 11) is 2.15. The summed E-state index contributed by atoms with van der Waals surface area (Å²) in [5.74, 6) is 0. The molecule has 1 atom stereocenters. The molecule has 17 heavy (non-hydrogen) atoms. The molecule has 0 saturated carbocycles. The van der Waals surface area contributed by atoms with Crippen LogP contribution >= 0.6 is 0 Å². The van der Waals surface area contributed by atoms with Crippen LogP contribution in [0.4, 0.5) is 0 Å². The van der Waals surface area contributed by atoms with E-state index < -0.39 is 0 Å². The van der Waals surface area contributed by atoms with E-state index in [0.29, 0.717) is 6.10 Å². The van der Waals surface area contributed by atoms with Crippen LogP contribution in [-0.2, 0) is 4.74 Å². The van der Waals surface area contributed by atoms with Gasteiger partial charge in [0.05, 0.1) is 6.10 Å². The second-order valence-corrected chi connectivity index (χ2v) is 5.55. The monoisotopic (exact) mass is 243 g/mol. The number of rotatable bonds is 7. The fourth-order valence-corrected chi connectivity index (χ4v) is 2.68. The summed E-state index contributed by atoms with van der Waals surface area (Å²) in [5.41, 5.74) is 0.0728. The first-order valence-electron chi connectivity index (χ1n) is 7.07. The smallest absolute Gasteiger partial charge is 0.0701 e. The first-order chi connectivity index (χ1) is 8.15. The molecular weight excluding hydrogens is 214 g/mol. The standard InChI is InChI=1S/C14H29NO2/c1-4-14(5-2,12-16)11-15(3)10-13-8-6-7-9-17-13/h13,16H,4-12H2,1-3H3. The molecule has 0 aliphatic carbocycles. The predicted molar refractivity (Wildman–Crippen MR) is 71.2 cm³/mol. The Morgan fingerprint density at radius 3 is 2.47 bits per heavy atom. The lowest BCUT2D eigenvalue weighted by Crippen LogP contribution is -2.42. The first-order valence-corrected chi connectivity index (χ1v) is 7.07. The minimum Gasteiger partial charge on any atom is -0.396 e. The normalized spacial score (nSPS) is 22.1. The van der Waals surface area contributed by atoms with E-state index in [1.807, 2.05) is 0 Å². The molecule has 0 aromatic heterocycles. The maximum atomic E-state index is 9.57. The molecule has 1 aliphatic rings. The Bertz CT molecular complexity index is 190. The Balaban J connectivity index is 2.38. The van der Waals surface area contributed by atoms with Gasteiger partial charge in [-0.3, -0.25) is 0 Å². The van der Waals surface area contributed by atoms with Crippen LogP contribution in [0.3, 0.4) is 0 Å². The summed E-state index contributed by atoms with van der Waals surface area (Å²) in [5, 5.41) is 9.57. The molecule has 0 amide bonds. The van der Waals surface area contributed by atoms with Gasteiger partial charge in [-0.2, -0.15) is 0 Å². The summed E-state index contributed by atoms with van der Waals surface area (Å²) >= 11 is 0. The van der Waals surface area contributed by atoms with Crippen molar-refractivity contribution in [3.8, 4) is 0 Å². The van der Waals surface area contributed by atoms with Crippen molar-refractivity contribution in [2.45, 2.75) is 52.1 Å². The third-order valence-electron chi connectivity index (χ3n) is 4.23. The van der Waals surface area contributed by atoms with Crippen LogP contribution in [0.15, 0.2) is 0 Å². The van der Waals surface area contributed by atoms with E-state index in [-0.39, 0.29) is 12.0 Å². The highest BCUT2D eigenvalue weighted by Gasteiger charge is 2.28. The summed E-state index contributed by atoms with van der Waals surface area (Å²) in [6, 6.07) is 0. The number of likely N-dealkylation sites (N-methyl/N-ethyl adjacent to an activating group) is 1. The second kappa shape index (κ2) is 7.34. The van der Waals surface area contributed by atoms with E-state index in [9.17, 15) is 5.11 Å². The third-order valence-corrected chi connectivity index (χ3v) is 4.23. The number of aliphatic hydroxyl groups is 1. The van der Waals surface area contributed by atoms with Crippen molar-refractivity contribution in [3.63, 3.8) is 0 Å². The van der Waals surface area contributed by atoms with E-state index in [2.05, 4.69) is 25.8 Å². The van der Waals surface area contributed by atoms with Crippen molar-refractivity contribution >= 4 is 0 Å². The zero-order chi connectivity index (χ0) is 12.7. The van der Waals surface area contributed by atoms with Crippen LogP contribution < -0.4 is 0 Å². The molecule has 1 fully saturated rings. The molecule has 102 valence electrons. The Morgan fingerprint density at radius 2 is 2.00 bits per heavy atom. The Kier molecular flexibility index (Phi) is 6.45. The highest BCUT2D eigenvalue weighted by Crippen LogP contribution is 2.27. The number of ether oxygens (including phenoxy) is 1. The maximum absolute atomic E-state index is 9.57. The van der Waals surface area contributed by atoms with Gasteiger partial charge in [0.1, 0.15) is 0 Å². The molecule has 1 saturated heterocycles. The van der Waals surface area contributed by atoms with Crippen molar-refractivity contribution in [2.75, 3.05) is 33.4 Å². The van der Waals surface area contributed by atoms with Crippen LogP contribution in [0.25, 0.3) is 0 Å². The van der Waals surface area contributed by atoms with Crippen LogP contribution in [0.5, 0.6) is 0 Å². The summed E-state index contributed by atoms with van der Waals surface area (Å²) in [4.78, 5) is 2.33. The van der Waals surface area contributed by atoms with E-state index in [4.69, 9.17) is 4.74 Å². The summed E-state index contributed by atoms with van der Waals surface area (Å²) < 4.78 is 5.76. The highest BCUT2D eigenvalue weighted by atomic mass is 16.5. The molecule has 1 N–H and O–H groups in total. The zero-order valence-corrected chi connectivity index (χ0v) is 11.7.